The molecule has 0 radical (unpaired) electrons. The fraction of sp³-hybridized carbons (Fsp3) is 0.435. The summed E-state index contributed by atoms with van der Waals surface area (Å²) in [6, 6.07) is 10.7. The smallest absolute Gasteiger partial charge is 0.388 e. The quantitative estimate of drug-likeness (QED) is 0.459. The third kappa shape index (κ3) is 4.73. The first kappa shape index (κ1) is 24.4. The number of thiol groups is 1. The molecule has 34 heavy (non-hydrogen) atoms. The SMILES string of the molecule is Cc1ccc(NC(=O)C2(c3ccccc3C(C)C)CN(C(=O)[SH]3CCOO3)C2)c(OC(F)F)n1. The lowest BCUT2D eigenvalue weighted by Crippen LogP contribution is -2.66. The molecule has 2 amide bonds. The number of aromatic nitrogens is 1. The van der Waals surface area contributed by atoms with Crippen molar-refractivity contribution in [3.05, 3.63) is 53.2 Å². The first-order valence-electron chi connectivity index (χ1n) is 10.9. The van der Waals surface area contributed by atoms with E-state index in [2.05, 4.69) is 15.0 Å². The van der Waals surface area contributed by atoms with E-state index in [9.17, 15) is 18.4 Å². The van der Waals surface area contributed by atoms with E-state index in [1.807, 2.05) is 38.1 Å². The van der Waals surface area contributed by atoms with Gasteiger partial charge in [-0.2, -0.15) is 13.1 Å². The molecular formula is C23H27F2N3O5S. The van der Waals surface area contributed by atoms with E-state index in [1.165, 1.54) is 6.07 Å². The maximum atomic E-state index is 13.7. The van der Waals surface area contributed by atoms with Crippen LogP contribution in [0.4, 0.5) is 19.3 Å². The van der Waals surface area contributed by atoms with Crippen molar-refractivity contribution in [1.29, 1.82) is 0 Å². The molecule has 1 N–H and O–H groups in total. The Morgan fingerprint density at radius 1 is 1.21 bits per heavy atom. The third-order valence-corrected chi connectivity index (χ3v) is 7.49. The van der Waals surface area contributed by atoms with Crippen LogP contribution in [0.3, 0.4) is 0 Å². The van der Waals surface area contributed by atoms with E-state index < -0.39 is 29.1 Å². The van der Waals surface area contributed by atoms with E-state index >= 15 is 0 Å². The molecule has 11 heteroatoms. The number of halogens is 2. The van der Waals surface area contributed by atoms with Crippen molar-refractivity contribution in [3.63, 3.8) is 0 Å². The van der Waals surface area contributed by atoms with Gasteiger partial charge >= 0.3 is 6.61 Å². The van der Waals surface area contributed by atoms with Gasteiger partial charge in [0.2, 0.25) is 11.8 Å². The number of likely N-dealkylation sites (tertiary alicyclic amines) is 1. The van der Waals surface area contributed by atoms with Crippen molar-refractivity contribution in [2.45, 2.75) is 38.7 Å². The van der Waals surface area contributed by atoms with Gasteiger partial charge in [0, 0.05) is 24.5 Å². The minimum absolute atomic E-state index is 0.0407. The second kappa shape index (κ2) is 9.85. The van der Waals surface area contributed by atoms with Gasteiger partial charge in [-0.05, 0) is 47.3 Å². The van der Waals surface area contributed by atoms with Gasteiger partial charge < -0.3 is 15.0 Å². The van der Waals surface area contributed by atoms with Gasteiger partial charge in [0.25, 0.3) is 5.24 Å². The number of nitrogens with zero attached hydrogens (tertiary/aromatic N) is 2. The summed E-state index contributed by atoms with van der Waals surface area (Å²) in [5, 5.41) is 2.55. The number of hydrogen-bond acceptors (Lipinski definition) is 6. The summed E-state index contributed by atoms with van der Waals surface area (Å²) in [6.45, 7) is 3.22. The Bertz CT molecular complexity index is 1070. The lowest BCUT2D eigenvalue weighted by atomic mass is 9.70. The van der Waals surface area contributed by atoms with Crippen LogP contribution in [-0.4, -0.2) is 53.1 Å². The van der Waals surface area contributed by atoms with E-state index in [1.54, 1.807) is 17.9 Å². The summed E-state index contributed by atoms with van der Waals surface area (Å²) < 4.78 is 35.5. The molecule has 1 aromatic heterocycles. The monoisotopic (exact) mass is 495 g/mol. The number of benzene rings is 1. The van der Waals surface area contributed by atoms with Crippen molar-refractivity contribution in [1.82, 2.24) is 9.88 Å². The van der Waals surface area contributed by atoms with Crippen LogP contribution >= 0.6 is 11.2 Å². The average Bonchev–Trinajstić information content (AvgIpc) is 3.29. The number of anilines is 1. The van der Waals surface area contributed by atoms with Crippen LogP contribution in [0.2, 0.25) is 0 Å². The van der Waals surface area contributed by atoms with Gasteiger partial charge in [-0.15, -0.1) is 0 Å². The Labute approximate surface area is 199 Å². The van der Waals surface area contributed by atoms with E-state index in [-0.39, 0.29) is 35.8 Å². The van der Waals surface area contributed by atoms with Crippen LogP contribution in [0, 0.1) is 6.92 Å². The predicted molar refractivity (Wildman–Crippen MR) is 124 cm³/mol. The molecule has 2 aromatic rings. The number of hydrogen-bond donors (Lipinski definition) is 2. The molecule has 184 valence electrons. The predicted octanol–water partition coefficient (Wildman–Crippen LogP) is 4.30. The van der Waals surface area contributed by atoms with Gasteiger partial charge in [0.15, 0.2) is 0 Å². The highest BCUT2D eigenvalue weighted by Gasteiger charge is 2.54. The second-order valence-corrected chi connectivity index (χ2v) is 10.3. The fourth-order valence-electron chi connectivity index (χ4n) is 4.20. The molecule has 2 saturated heterocycles. The molecule has 1 aromatic carbocycles. The van der Waals surface area contributed by atoms with Gasteiger partial charge in [-0.3, -0.25) is 9.59 Å². The first-order chi connectivity index (χ1) is 16.2. The van der Waals surface area contributed by atoms with Crippen LogP contribution in [0.5, 0.6) is 5.88 Å². The zero-order chi connectivity index (χ0) is 24.5. The number of ether oxygens (including phenoxy) is 1. The lowest BCUT2D eigenvalue weighted by molar-refractivity contribution is -0.169. The van der Waals surface area contributed by atoms with Crippen LogP contribution in [0.15, 0.2) is 36.4 Å². The highest BCUT2D eigenvalue weighted by atomic mass is 32.2. The maximum Gasteiger partial charge on any atom is 0.388 e. The Hall–Kier alpha value is -2.76. The molecule has 3 heterocycles. The van der Waals surface area contributed by atoms with Crippen molar-refractivity contribution in [2.24, 2.45) is 0 Å². The summed E-state index contributed by atoms with van der Waals surface area (Å²) in [4.78, 5) is 37.1. The molecule has 2 aliphatic heterocycles. The summed E-state index contributed by atoms with van der Waals surface area (Å²) >= 11 is -1.40. The molecule has 8 nitrogen and oxygen atoms in total. The zero-order valence-corrected chi connectivity index (χ0v) is 20.0. The number of carbonyl (C=O) groups excluding carboxylic acids is 2. The maximum absolute atomic E-state index is 13.7. The van der Waals surface area contributed by atoms with E-state index in [4.69, 9.17) is 9.22 Å². The van der Waals surface area contributed by atoms with Gasteiger partial charge in [-0.1, -0.05) is 38.1 Å². The normalized spacial score (nSPS) is 20.3. The minimum atomic E-state index is -3.09. The van der Waals surface area contributed by atoms with Crippen LogP contribution in [0.1, 0.15) is 36.6 Å². The van der Waals surface area contributed by atoms with Gasteiger partial charge in [-0.25, -0.2) is 9.87 Å². The Balaban J connectivity index is 1.66. The number of amides is 2. The topological polar surface area (TPSA) is 90.0 Å². The molecule has 0 saturated carbocycles. The summed E-state index contributed by atoms with van der Waals surface area (Å²) in [5.74, 6) is -0.149. The van der Waals surface area contributed by atoms with Crippen molar-refractivity contribution >= 4 is 28.0 Å². The molecule has 2 fully saturated rings. The van der Waals surface area contributed by atoms with Crippen LogP contribution in [0.25, 0.3) is 0 Å². The second-order valence-electron chi connectivity index (χ2n) is 8.60. The molecule has 1 unspecified atom stereocenters. The van der Waals surface area contributed by atoms with Gasteiger partial charge in [0.05, 0.1) is 6.61 Å². The van der Waals surface area contributed by atoms with Gasteiger partial charge in [0.1, 0.15) is 11.1 Å². The first-order valence-corrected chi connectivity index (χ1v) is 12.3. The molecule has 0 bridgehead atoms. The number of rotatable bonds is 6. The molecule has 2 aliphatic rings. The highest BCUT2D eigenvalue weighted by Crippen LogP contribution is 2.44. The largest absolute Gasteiger partial charge is 0.415 e. The lowest BCUT2D eigenvalue weighted by Gasteiger charge is -2.50. The third-order valence-electron chi connectivity index (χ3n) is 5.91. The molecule has 4 rings (SSSR count). The number of aryl methyl sites for hydroxylation is 1. The molecular weight excluding hydrogens is 468 g/mol. The van der Waals surface area contributed by atoms with E-state index in [0.717, 1.165) is 11.1 Å². The zero-order valence-electron chi connectivity index (χ0n) is 19.1. The Morgan fingerprint density at radius 3 is 2.59 bits per heavy atom. The number of alkyl halides is 2. The van der Waals surface area contributed by atoms with Crippen LogP contribution < -0.4 is 10.1 Å². The minimum Gasteiger partial charge on any atom is -0.415 e. The molecule has 0 spiro atoms. The molecule has 0 aliphatic carbocycles. The Morgan fingerprint density at radius 2 is 1.94 bits per heavy atom. The van der Waals surface area contributed by atoms with Crippen molar-refractivity contribution in [3.8, 4) is 5.88 Å². The number of pyridine rings is 1. The van der Waals surface area contributed by atoms with Crippen molar-refractivity contribution in [2.75, 3.05) is 30.8 Å². The summed E-state index contributed by atoms with van der Waals surface area (Å²) in [6.07, 6.45) is 0. The summed E-state index contributed by atoms with van der Waals surface area (Å²) in [5.41, 5.74) is 1.20. The fourth-order valence-corrected chi connectivity index (χ4v) is 5.43. The summed E-state index contributed by atoms with van der Waals surface area (Å²) in [7, 11) is 0. The average molecular weight is 496 g/mol. The number of carbonyl (C=O) groups is 2. The van der Waals surface area contributed by atoms with Crippen LogP contribution in [-0.2, 0) is 19.4 Å². The Kier molecular flexibility index (Phi) is 7.06. The molecule has 1 atom stereocenters. The standard InChI is InChI=1S/C23H27F2N3O5S/c1-14(2)16-6-4-5-7-17(16)23(12-28(13-23)22(30)34-11-10-31-33-34)20(29)27-18-9-8-15(3)26-19(18)32-21(24)25/h4-9,14,21,34H,10-13H2,1-3H3,(H,27,29). The van der Waals surface area contributed by atoms with E-state index in [0.29, 0.717) is 18.1 Å². The van der Waals surface area contributed by atoms with Crippen molar-refractivity contribution < 1.29 is 32.3 Å². The highest BCUT2D eigenvalue weighted by molar-refractivity contribution is 8.25. The number of nitrogens with one attached hydrogen (secondary N) is 1.